The first-order valence-corrected chi connectivity index (χ1v) is 4.76. The molecule has 4 heteroatoms. The maximum absolute atomic E-state index is 11.4. The number of likely N-dealkylation sites (tertiary alicyclic amines) is 1. The van der Waals surface area contributed by atoms with Crippen LogP contribution >= 0.6 is 0 Å². The standard InChI is InChI=1S/C9H18N2O2/c1-6(5-7(2)12)11-4-3-8(10)9(11)13/h6-8,12H,3-5,10H2,1-2H3. The minimum absolute atomic E-state index is 0.0214. The maximum Gasteiger partial charge on any atom is 0.239 e. The molecule has 0 aliphatic carbocycles. The number of aliphatic hydroxyl groups is 1. The Balaban J connectivity index is 2.48. The molecule has 0 aromatic carbocycles. The van der Waals surface area contributed by atoms with Crippen LogP contribution in [0.15, 0.2) is 0 Å². The van der Waals surface area contributed by atoms with Crippen LogP contribution in [0.4, 0.5) is 0 Å². The van der Waals surface area contributed by atoms with E-state index in [1.54, 1.807) is 11.8 Å². The van der Waals surface area contributed by atoms with E-state index in [-0.39, 0.29) is 24.1 Å². The van der Waals surface area contributed by atoms with Crippen LogP contribution in [0, 0.1) is 0 Å². The molecular weight excluding hydrogens is 168 g/mol. The van der Waals surface area contributed by atoms with Gasteiger partial charge >= 0.3 is 0 Å². The summed E-state index contributed by atoms with van der Waals surface area (Å²) < 4.78 is 0. The van der Waals surface area contributed by atoms with Gasteiger partial charge in [0, 0.05) is 12.6 Å². The quantitative estimate of drug-likeness (QED) is 0.636. The summed E-state index contributed by atoms with van der Waals surface area (Å²) in [5, 5.41) is 9.17. The fourth-order valence-electron chi connectivity index (χ4n) is 1.78. The highest BCUT2D eigenvalue weighted by molar-refractivity contribution is 5.83. The molecule has 1 heterocycles. The van der Waals surface area contributed by atoms with E-state index in [0.29, 0.717) is 6.42 Å². The van der Waals surface area contributed by atoms with Crippen LogP contribution in [0.5, 0.6) is 0 Å². The lowest BCUT2D eigenvalue weighted by Gasteiger charge is -2.25. The van der Waals surface area contributed by atoms with E-state index in [1.807, 2.05) is 6.92 Å². The predicted molar refractivity (Wildman–Crippen MR) is 50.1 cm³/mol. The number of carbonyl (C=O) groups excluding carboxylic acids is 1. The van der Waals surface area contributed by atoms with E-state index in [1.165, 1.54) is 0 Å². The highest BCUT2D eigenvalue weighted by Gasteiger charge is 2.31. The van der Waals surface area contributed by atoms with Crippen molar-refractivity contribution in [2.24, 2.45) is 5.73 Å². The molecule has 0 bridgehead atoms. The molecule has 3 N–H and O–H groups in total. The van der Waals surface area contributed by atoms with Crippen molar-refractivity contribution in [1.29, 1.82) is 0 Å². The fourth-order valence-corrected chi connectivity index (χ4v) is 1.78. The second-order valence-electron chi connectivity index (χ2n) is 3.86. The maximum atomic E-state index is 11.4. The second-order valence-corrected chi connectivity index (χ2v) is 3.86. The number of amides is 1. The van der Waals surface area contributed by atoms with Gasteiger partial charge in [-0.05, 0) is 26.7 Å². The first-order valence-electron chi connectivity index (χ1n) is 4.76. The molecule has 0 aromatic heterocycles. The molecule has 3 unspecified atom stereocenters. The smallest absolute Gasteiger partial charge is 0.239 e. The molecule has 1 saturated heterocycles. The molecule has 0 radical (unpaired) electrons. The predicted octanol–water partition coefficient (Wildman–Crippen LogP) is -0.295. The molecule has 76 valence electrons. The highest BCUT2D eigenvalue weighted by atomic mass is 16.3. The molecule has 4 nitrogen and oxygen atoms in total. The Morgan fingerprint density at radius 2 is 2.31 bits per heavy atom. The molecule has 0 spiro atoms. The zero-order chi connectivity index (χ0) is 10.0. The minimum Gasteiger partial charge on any atom is -0.393 e. The number of carbonyl (C=O) groups is 1. The molecule has 1 amide bonds. The first-order chi connectivity index (χ1) is 6.02. The van der Waals surface area contributed by atoms with Gasteiger partial charge in [-0.25, -0.2) is 0 Å². The Kier molecular flexibility index (Phi) is 3.27. The van der Waals surface area contributed by atoms with Gasteiger partial charge in [-0.3, -0.25) is 4.79 Å². The minimum atomic E-state index is -0.361. The number of hydrogen-bond donors (Lipinski definition) is 2. The van der Waals surface area contributed by atoms with E-state index >= 15 is 0 Å². The fraction of sp³-hybridized carbons (Fsp3) is 0.889. The summed E-state index contributed by atoms with van der Waals surface area (Å²) in [6.45, 7) is 4.41. The summed E-state index contributed by atoms with van der Waals surface area (Å²) in [6.07, 6.45) is 1.00. The van der Waals surface area contributed by atoms with Crippen LogP contribution in [-0.2, 0) is 4.79 Å². The Labute approximate surface area is 78.7 Å². The number of nitrogens with zero attached hydrogens (tertiary/aromatic N) is 1. The summed E-state index contributed by atoms with van der Waals surface area (Å²) in [5.41, 5.74) is 5.58. The van der Waals surface area contributed by atoms with Crippen LogP contribution in [0.2, 0.25) is 0 Å². The lowest BCUT2D eigenvalue weighted by atomic mass is 10.1. The monoisotopic (exact) mass is 186 g/mol. The second kappa shape index (κ2) is 4.07. The lowest BCUT2D eigenvalue weighted by molar-refractivity contribution is -0.130. The Morgan fingerprint density at radius 3 is 2.69 bits per heavy atom. The number of rotatable bonds is 3. The molecular formula is C9H18N2O2. The van der Waals surface area contributed by atoms with Gasteiger partial charge in [0.1, 0.15) is 0 Å². The third-order valence-corrected chi connectivity index (χ3v) is 2.50. The van der Waals surface area contributed by atoms with E-state index < -0.39 is 0 Å². The largest absolute Gasteiger partial charge is 0.393 e. The van der Waals surface area contributed by atoms with Crippen molar-refractivity contribution in [1.82, 2.24) is 4.90 Å². The van der Waals surface area contributed by atoms with Crippen LogP contribution < -0.4 is 5.73 Å². The Bertz CT molecular complexity index is 194. The van der Waals surface area contributed by atoms with E-state index in [9.17, 15) is 4.79 Å². The zero-order valence-corrected chi connectivity index (χ0v) is 8.23. The first kappa shape index (κ1) is 10.5. The molecule has 0 saturated carbocycles. The third-order valence-electron chi connectivity index (χ3n) is 2.50. The van der Waals surface area contributed by atoms with Gasteiger partial charge in [-0.1, -0.05) is 0 Å². The Hall–Kier alpha value is -0.610. The van der Waals surface area contributed by atoms with Gasteiger partial charge in [0.15, 0.2) is 0 Å². The summed E-state index contributed by atoms with van der Waals surface area (Å²) in [4.78, 5) is 13.2. The molecule has 0 aromatic rings. The number of aliphatic hydroxyl groups excluding tert-OH is 1. The van der Waals surface area contributed by atoms with Gasteiger partial charge in [-0.2, -0.15) is 0 Å². The van der Waals surface area contributed by atoms with Crippen LogP contribution in [0.3, 0.4) is 0 Å². The lowest BCUT2D eigenvalue weighted by Crippen LogP contribution is -2.40. The molecule has 1 fully saturated rings. The summed E-state index contributed by atoms with van der Waals surface area (Å²) >= 11 is 0. The van der Waals surface area contributed by atoms with Crippen molar-refractivity contribution in [2.75, 3.05) is 6.54 Å². The van der Waals surface area contributed by atoms with Gasteiger partial charge in [0.2, 0.25) is 5.91 Å². The number of hydrogen-bond acceptors (Lipinski definition) is 3. The van der Waals surface area contributed by atoms with Crippen LogP contribution in [0.25, 0.3) is 0 Å². The Morgan fingerprint density at radius 1 is 1.69 bits per heavy atom. The van der Waals surface area contributed by atoms with Crippen molar-refractivity contribution < 1.29 is 9.90 Å². The highest BCUT2D eigenvalue weighted by Crippen LogP contribution is 2.15. The van der Waals surface area contributed by atoms with E-state index in [0.717, 1.165) is 13.0 Å². The van der Waals surface area contributed by atoms with E-state index in [4.69, 9.17) is 10.8 Å². The van der Waals surface area contributed by atoms with Gasteiger partial charge < -0.3 is 15.7 Å². The normalized spacial score (nSPS) is 27.8. The van der Waals surface area contributed by atoms with Crippen molar-refractivity contribution in [3.8, 4) is 0 Å². The third kappa shape index (κ3) is 2.42. The summed E-state index contributed by atoms with van der Waals surface area (Å²) in [7, 11) is 0. The van der Waals surface area contributed by atoms with Crippen LogP contribution in [0.1, 0.15) is 26.7 Å². The summed E-state index contributed by atoms with van der Waals surface area (Å²) in [6, 6.07) is -0.225. The van der Waals surface area contributed by atoms with E-state index in [2.05, 4.69) is 0 Å². The molecule has 13 heavy (non-hydrogen) atoms. The van der Waals surface area contributed by atoms with Crippen molar-refractivity contribution in [3.63, 3.8) is 0 Å². The molecule has 3 atom stereocenters. The van der Waals surface area contributed by atoms with Crippen molar-refractivity contribution >= 4 is 5.91 Å². The zero-order valence-electron chi connectivity index (χ0n) is 8.23. The molecule has 1 aliphatic rings. The van der Waals surface area contributed by atoms with Crippen molar-refractivity contribution in [2.45, 2.75) is 44.9 Å². The average Bonchev–Trinajstić information content (AvgIpc) is 2.31. The topological polar surface area (TPSA) is 66.6 Å². The van der Waals surface area contributed by atoms with Gasteiger partial charge in [-0.15, -0.1) is 0 Å². The van der Waals surface area contributed by atoms with Gasteiger partial charge in [0.05, 0.1) is 12.1 Å². The SMILES string of the molecule is CC(O)CC(C)N1CCC(N)C1=O. The summed E-state index contributed by atoms with van der Waals surface area (Å²) in [5.74, 6) is 0.0214. The molecule has 1 aliphatic heterocycles. The molecule has 1 rings (SSSR count). The average molecular weight is 186 g/mol. The van der Waals surface area contributed by atoms with Crippen LogP contribution in [-0.4, -0.2) is 40.6 Å². The number of nitrogens with two attached hydrogens (primary N) is 1. The van der Waals surface area contributed by atoms with Gasteiger partial charge in [0.25, 0.3) is 0 Å². The van der Waals surface area contributed by atoms with Crippen molar-refractivity contribution in [3.05, 3.63) is 0 Å².